The van der Waals surface area contributed by atoms with E-state index in [1.54, 1.807) is 0 Å². The molecule has 0 spiro atoms. The molecule has 0 N–H and O–H groups in total. The van der Waals surface area contributed by atoms with Gasteiger partial charge in [0.15, 0.2) is 11.4 Å². The van der Waals surface area contributed by atoms with Crippen LogP contribution in [0.15, 0.2) is 9.98 Å². The zero-order chi connectivity index (χ0) is 14.3. The first-order valence-electron chi connectivity index (χ1n) is 7.15. The van der Waals surface area contributed by atoms with Crippen molar-refractivity contribution in [1.82, 2.24) is 0 Å². The second-order valence-corrected chi connectivity index (χ2v) is 6.57. The molecule has 0 aromatic carbocycles. The Balaban J connectivity index is 2.51. The molecular weight excluding hydrogens is 240 g/mol. The first kappa shape index (κ1) is 14.7. The quantitative estimate of drug-likeness (QED) is 0.785. The molecule has 4 nitrogen and oxygen atoms in total. The Kier molecular flexibility index (Phi) is 3.60. The van der Waals surface area contributed by atoms with E-state index in [1.807, 2.05) is 12.4 Å². The monoisotopic (exact) mass is 266 g/mol. The zero-order valence-corrected chi connectivity index (χ0v) is 12.9. The molecule has 4 heteroatoms. The first-order chi connectivity index (χ1) is 8.80. The highest BCUT2D eigenvalue weighted by Gasteiger charge is 2.63. The topological polar surface area (TPSA) is 43.2 Å². The maximum absolute atomic E-state index is 6.08. The number of aliphatic imine (C=N–C) groups is 2. The molecule has 19 heavy (non-hydrogen) atoms. The van der Waals surface area contributed by atoms with Gasteiger partial charge in [-0.25, -0.2) is 0 Å². The Bertz CT molecular complexity index is 365. The van der Waals surface area contributed by atoms with Gasteiger partial charge in [0.1, 0.15) is 0 Å². The van der Waals surface area contributed by atoms with E-state index in [0.717, 1.165) is 0 Å². The zero-order valence-electron chi connectivity index (χ0n) is 12.9. The molecule has 0 amide bonds. The highest BCUT2D eigenvalue weighted by Crippen LogP contribution is 2.54. The lowest BCUT2D eigenvalue weighted by atomic mass is 9.64. The first-order valence-corrected chi connectivity index (χ1v) is 7.15. The van der Waals surface area contributed by atoms with E-state index in [1.165, 1.54) is 0 Å². The molecular formula is C15H26N2O2. The molecule has 0 aliphatic carbocycles. The molecule has 108 valence electrons. The van der Waals surface area contributed by atoms with Crippen LogP contribution in [-0.4, -0.2) is 37.1 Å². The fraction of sp³-hybridized carbons (Fsp3) is 0.867. The predicted octanol–water partition coefficient (Wildman–Crippen LogP) is 2.92. The lowest BCUT2D eigenvalue weighted by molar-refractivity contribution is -0.226. The van der Waals surface area contributed by atoms with Crippen molar-refractivity contribution in [1.29, 1.82) is 0 Å². The fourth-order valence-corrected chi connectivity index (χ4v) is 3.76. The maximum Gasteiger partial charge on any atom is 0.171 e. The lowest BCUT2D eigenvalue weighted by Crippen LogP contribution is -2.62. The minimum absolute atomic E-state index is 0.260. The molecule has 2 heterocycles. The van der Waals surface area contributed by atoms with E-state index >= 15 is 0 Å². The molecule has 0 aromatic rings. The van der Waals surface area contributed by atoms with Gasteiger partial charge in [-0.2, -0.15) is 0 Å². The number of nitrogens with zero attached hydrogens (tertiary/aromatic N) is 2. The van der Waals surface area contributed by atoms with Gasteiger partial charge in [-0.15, -0.1) is 0 Å². The summed E-state index contributed by atoms with van der Waals surface area (Å²) in [7, 11) is 0. The summed E-state index contributed by atoms with van der Waals surface area (Å²) in [5, 5.41) is 0. The summed E-state index contributed by atoms with van der Waals surface area (Å²) in [5.41, 5.74) is -1.49. The molecule has 0 saturated heterocycles. The standard InChI is InChI=1S/C15H26N2O2/c1-11(2)14(16-7-9-18-14)13(5,6)15(12(3)4)17-8-10-19-15/h7-8,11-12H,9-10H2,1-6H3/t14-,15-/m0/s1. The summed E-state index contributed by atoms with van der Waals surface area (Å²) in [6.45, 7) is 14.1. The molecule has 0 radical (unpaired) electrons. The smallest absolute Gasteiger partial charge is 0.171 e. The van der Waals surface area contributed by atoms with Gasteiger partial charge >= 0.3 is 0 Å². The summed E-state index contributed by atoms with van der Waals surface area (Å²) < 4.78 is 12.2. The molecule has 2 atom stereocenters. The van der Waals surface area contributed by atoms with Gasteiger partial charge in [0.05, 0.1) is 18.6 Å². The second kappa shape index (κ2) is 4.67. The second-order valence-electron chi connectivity index (χ2n) is 6.57. The largest absolute Gasteiger partial charge is 0.347 e. The van der Waals surface area contributed by atoms with Crippen LogP contribution in [0, 0.1) is 17.3 Å². The van der Waals surface area contributed by atoms with Crippen LogP contribution < -0.4 is 0 Å². The molecule has 0 saturated carbocycles. The normalized spacial score (nSPS) is 34.9. The van der Waals surface area contributed by atoms with Crippen molar-refractivity contribution in [2.24, 2.45) is 27.2 Å². The molecule has 0 bridgehead atoms. The highest BCUT2D eigenvalue weighted by molar-refractivity contribution is 5.63. The van der Waals surface area contributed by atoms with Gasteiger partial charge in [-0.3, -0.25) is 9.98 Å². The van der Waals surface area contributed by atoms with E-state index < -0.39 is 11.4 Å². The Hall–Kier alpha value is -0.740. The number of hydrogen-bond acceptors (Lipinski definition) is 4. The average molecular weight is 266 g/mol. The van der Waals surface area contributed by atoms with Crippen molar-refractivity contribution >= 4 is 12.4 Å². The third-order valence-electron chi connectivity index (χ3n) is 4.68. The van der Waals surface area contributed by atoms with Crippen LogP contribution in [0.3, 0.4) is 0 Å². The van der Waals surface area contributed by atoms with Gasteiger partial charge in [-0.05, 0) is 0 Å². The molecule has 2 rings (SSSR count). The van der Waals surface area contributed by atoms with Crippen molar-refractivity contribution < 1.29 is 9.47 Å². The third-order valence-corrected chi connectivity index (χ3v) is 4.68. The van der Waals surface area contributed by atoms with Gasteiger partial charge in [-0.1, -0.05) is 41.5 Å². The molecule has 0 aromatic heterocycles. The van der Waals surface area contributed by atoms with Crippen LogP contribution in [0.4, 0.5) is 0 Å². The van der Waals surface area contributed by atoms with E-state index in [4.69, 9.17) is 19.5 Å². The minimum Gasteiger partial charge on any atom is -0.347 e. The van der Waals surface area contributed by atoms with Crippen molar-refractivity contribution in [3.63, 3.8) is 0 Å². The van der Waals surface area contributed by atoms with E-state index in [0.29, 0.717) is 13.2 Å². The van der Waals surface area contributed by atoms with Gasteiger partial charge in [0, 0.05) is 24.3 Å². The van der Waals surface area contributed by atoms with E-state index in [2.05, 4.69) is 41.5 Å². The summed E-state index contributed by atoms with van der Waals surface area (Å²) in [6, 6.07) is 0. The Labute approximate surface area is 116 Å². The van der Waals surface area contributed by atoms with Gasteiger partial charge < -0.3 is 9.47 Å². The van der Waals surface area contributed by atoms with E-state index in [9.17, 15) is 0 Å². The Morgan fingerprint density at radius 1 is 0.895 bits per heavy atom. The molecule has 2 aliphatic heterocycles. The van der Waals surface area contributed by atoms with Crippen LogP contribution >= 0.6 is 0 Å². The van der Waals surface area contributed by atoms with Crippen molar-refractivity contribution in [3.05, 3.63) is 0 Å². The number of hydrogen-bond donors (Lipinski definition) is 0. The number of rotatable bonds is 4. The van der Waals surface area contributed by atoms with Crippen molar-refractivity contribution in [2.45, 2.75) is 53.0 Å². The molecule has 0 unspecified atom stereocenters. The minimum atomic E-state index is -0.570. The van der Waals surface area contributed by atoms with Crippen LogP contribution in [0.5, 0.6) is 0 Å². The molecule has 0 fully saturated rings. The van der Waals surface area contributed by atoms with Gasteiger partial charge in [0.2, 0.25) is 0 Å². The van der Waals surface area contributed by atoms with Crippen LogP contribution in [-0.2, 0) is 9.47 Å². The summed E-state index contributed by atoms with van der Waals surface area (Å²) in [5.74, 6) is 0.521. The number of ether oxygens (including phenoxy) is 2. The summed E-state index contributed by atoms with van der Waals surface area (Å²) in [4.78, 5) is 9.42. The molecule has 2 aliphatic rings. The lowest BCUT2D eigenvalue weighted by Gasteiger charge is -2.53. The highest BCUT2D eigenvalue weighted by atomic mass is 16.5. The van der Waals surface area contributed by atoms with Crippen LogP contribution in [0.1, 0.15) is 41.5 Å². The van der Waals surface area contributed by atoms with Crippen molar-refractivity contribution in [2.75, 3.05) is 13.2 Å². The summed E-state index contributed by atoms with van der Waals surface area (Å²) >= 11 is 0. The Morgan fingerprint density at radius 3 is 1.47 bits per heavy atom. The fourth-order valence-electron chi connectivity index (χ4n) is 3.76. The van der Waals surface area contributed by atoms with Gasteiger partial charge in [0.25, 0.3) is 0 Å². The summed E-state index contributed by atoms with van der Waals surface area (Å²) in [6.07, 6.45) is 3.74. The van der Waals surface area contributed by atoms with E-state index in [-0.39, 0.29) is 17.3 Å². The van der Waals surface area contributed by atoms with Crippen LogP contribution in [0.2, 0.25) is 0 Å². The maximum atomic E-state index is 6.08. The Morgan fingerprint density at radius 2 is 1.26 bits per heavy atom. The van der Waals surface area contributed by atoms with Crippen LogP contribution in [0.25, 0.3) is 0 Å². The SMILES string of the molecule is CC(C)[C@]1(C(C)(C)[C@@]2(C(C)C)N=CCO2)N=CCO1. The average Bonchev–Trinajstić information content (AvgIpc) is 3.00. The predicted molar refractivity (Wildman–Crippen MR) is 77.8 cm³/mol. The third kappa shape index (κ3) is 1.80. The van der Waals surface area contributed by atoms with Crippen molar-refractivity contribution in [3.8, 4) is 0 Å².